The number of ether oxygens (including phenoxy) is 2. The average Bonchev–Trinajstić information content (AvgIpc) is 2.92. The van der Waals surface area contributed by atoms with Crippen molar-refractivity contribution in [1.29, 1.82) is 0 Å². The zero-order valence-corrected chi connectivity index (χ0v) is 20.4. The van der Waals surface area contributed by atoms with Gasteiger partial charge in [-0.05, 0) is 60.4 Å². The van der Waals surface area contributed by atoms with Crippen molar-refractivity contribution in [2.45, 2.75) is 18.9 Å². The first-order valence-corrected chi connectivity index (χ1v) is 12.3. The monoisotopic (exact) mass is 471 g/mol. The highest BCUT2D eigenvalue weighted by Gasteiger charge is 2.41. The second-order valence-corrected chi connectivity index (χ2v) is 9.20. The van der Waals surface area contributed by atoms with Crippen LogP contribution in [0, 0.1) is 5.92 Å². The largest absolute Gasteiger partial charge is 0.497 e. The first-order valence-electron chi connectivity index (χ1n) is 12.3. The van der Waals surface area contributed by atoms with E-state index in [0.29, 0.717) is 6.54 Å². The fourth-order valence-electron chi connectivity index (χ4n) is 5.45. The Morgan fingerprint density at radius 3 is 2.51 bits per heavy atom. The molecule has 0 aliphatic carbocycles. The summed E-state index contributed by atoms with van der Waals surface area (Å²) in [7, 11) is 3.37. The highest BCUT2D eigenvalue weighted by atomic mass is 16.5. The highest BCUT2D eigenvalue weighted by Crippen LogP contribution is 2.37. The van der Waals surface area contributed by atoms with Crippen LogP contribution >= 0.6 is 0 Å². The summed E-state index contributed by atoms with van der Waals surface area (Å²) in [5.74, 6) is 1.73. The molecule has 1 N–H and O–H groups in total. The van der Waals surface area contributed by atoms with E-state index >= 15 is 0 Å². The number of amides is 1. The maximum atomic E-state index is 13.5. The van der Waals surface area contributed by atoms with Gasteiger partial charge in [-0.2, -0.15) is 0 Å². The average molecular weight is 472 g/mol. The van der Waals surface area contributed by atoms with Gasteiger partial charge in [-0.25, -0.2) is 0 Å². The van der Waals surface area contributed by atoms with E-state index < -0.39 is 0 Å². The van der Waals surface area contributed by atoms with Crippen molar-refractivity contribution in [2.75, 3.05) is 50.2 Å². The molecule has 35 heavy (non-hydrogen) atoms. The second-order valence-electron chi connectivity index (χ2n) is 9.20. The number of nitrogens with zero attached hydrogens (tertiary/aromatic N) is 2. The van der Waals surface area contributed by atoms with Gasteiger partial charge in [-0.15, -0.1) is 0 Å². The third-order valence-electron chi connectivity index (χ3n) is 7.28. The normalized spacial score (nSPS) is 18.9. The zero-order chi connectivity index (χ0) is 24.2. The van der Waals surface area contributed by atoms with Gasteiger partial charge in [-0.1, -0.05) is 36.4 Å². The summed E-state index contributed by atoms with van der Waals surface area (Å²) in [6, 6.07) is 24.8. The van der Waals surface area contributed by atoms with Crippen LogP contribution in [-0.2, 0) is 17.6 Å². The molecule has 5 rings (SSSR count). The maximum Gasteiger partial charge on any atom is 0.225 e. The fourth-order valence-corrected chi connectivity index (χ4v) is 5.45. The van der Waals surface area contributed by atoms with E-state index in [9.17, 15) is 4.79 Å². The molecule has 182 valence electrons. The molecule has 0 radical (unpaired) electrons. The van der Waals surface area contributed by atoms with Crippen LogP contribution in [0.25, 0.3) is 0 Å². The molecule has 2 aliphatic heterocycles. The van der Waals surface area contributed by atoms with Gasteiger partial charge < -0.3 is 24.6 Å². The van der Waals surface area contributed by atoms with Crippen LogP contribution in [0.4, 0.5) is 11.4 Å². The molecular formula is C29H33N3O3. The molecule has 0 spiro atoms. The van der Waals surface area contributed by atoms with Gasteiger partial charge in [0, 0.05) is 37.6 Å². The zero-order valence-electron chi connectivity index (χ0n) is 20.4. The summed E-state index contributed by atoms with van der Waals surface area (Å²) in [6.45, 7) is 3.20. The molecule has 3 aromatic rings. The standard InChI is InChI=1S/C29H33N3O3/c1-34-24-13-11-23(12-14-24)31-17-18-32-26-9-5-3-8-22(26)19-25(27(32)20-31)29(33)30-16-15-21-7-4-6-10-28(21)35-2/h3-14,25,27H,15-20H2,1-2H3,(H,30,33)/t25-,27+/m0/s1. The number of fused-ring (bicyclic) bond motifs is 3. The lowest BCUT2D eigenvalue weighted by Crippen LogP contribution is -2.61. The Morgan fingerprint density at radius 2 is 1.71 bits per heavy atom. The number of piperazine rings is 1. The minimum absolute atomic E-state index is 0.108. The molecule has 0 unspecified atom stereocenters. The van der Waals surface area contributed by atoms with Gasteiger partial charge in [0.25, 0.3) is 0 Å². The molecule has 0 saturated carbocycles. The van der Waals surface area contributed by atoms with Gasteiger partial charge in [0.05, 0.1) is 26.2 Å². The molecule has 2 aliphatic rings. The number of rotatable bonds is 7. The van der Waals surface area contributed by atoms with Crippen LogP contribution in [-0.4, -0.2) is 52.3 Å². The first kappa shape index (κ1) is 23.1. The summed E-state index contributed by atoms with van der Waals surface area (Å²) in [4.78, 5) is 18.4. The van der Waals surface area contributed by atoms with Gasteiger partial charge >= 0.3 is 0 Å². The number of benzene rings is 3. The third-order valence-corrected chi connectivity index (χ3v) is 7.28. The molecule has 1 saturated heterocycles. The molecule has 1 amide bonds. The van der Waals surface area contributed by atoms with Crippen molar-refractivity contribution >= 4 is 17.3 Å². The van der Waals surface area contributed by atoms with Crippen molar-refractivity contribution < 1.29 is 14.3 Å². The second kappa shape index (κ2) is 10.3. The topological polar surface area (TPSA) is 54.0 Å². The fraction of sp³-hybridized carbons (Fsp3) is 0.345. The maximum absolute atomic E-state index is 13.5. The summed E-state index contributed by atoms with van der Waals surface area (Å²) in [5.41, 5.74) is 4.80. The molecular weight excluding hydrogens is 438 g/mol. The molecule has 3 aromatic carbocycles. The summed E-state index contributed by atoms with van der Waals surface area (Å²) in [5, 5.41) is 3.23. The van der Waals surface area contributed by atoms with Crippen LogP contribution in [0.3, 0.4) is 0 Å². The van der Waals surface area contributed by atoms with Crippen LogP contribution in [0.1, 0.15) is 11.1 Å². The number of hydrogen-bond acceptors (Lipinski definition) is 5. The van der Waals surface area contributed by atoms with Crippen molar-refractivity contribution in [2.24, 2.45) is 5.92 Å². The van der Waals surface area contributed by atoms with Gasteiger partial charge in [0.2, 0.25) is 5.91 Å². The number of carbonyl (C=O) groups excluding carboxylic acids is 1. The molecule has 6 heteroatoms. The Bertz CT molecular complexity index is 1160. The van der Waals surface area contributed by atoms with Gasteiger partial charge in [-0.3, -0.25) is 4.79 Å². The van der Waals surface area contributed by atoms with Crippen LogP contribution in [0.2, 0.25) is 0 Å². The molecule has 2 atom stereocenters. The number of nitrogens with one attached hydrogen (secondary N) is 1. The lowest BCUT2D eigenvalue weighted by atomic mass is 9.83. The lowest BCUT2D eigenvalue weighted by molar-refractivity contribution is -0.125. The summed E-state index contributed by atoms with van der Waals surface area (Å²) in [6.07, 6.45) is 1.50. The number of methoxy groups -OCH3 is 2. The van der Waals surface area contributed by atoms with Crippen LogP contribution < -0.4 is 24.6 Å². The van der Waals surface area contributed by atoms with Gasteiger partial charge in [0.1, 0.15) is 11.5 Å². The third kappa shape index (κ3) is 4.78. The first-order chi connectivity index (χ1) is 17.2. The Labute approximate surface area is 207 Å². The lowest BCUT2D eigenvalue weighted by Gasteiger charge is -2.49. The minimum atomic E-state index is -0.108. The molecule has 0 bridgehead atoms. The van der Waals surface area contributed by atoms with E-state index in [1.807, 2.05) is 30.3 Å². The molecule has 6 nitrogen and oxygen atoms in total. The van der Waals surface area contributed by atoms with E-state index in [2.05, 4.69) is 57.6 Å². The number of para-hydroxylation sites is 2. The predicted octanol–water partition coefficient (Wildman–Crippen LogP) is 3.93. The van der Waals surface area contributed by atoms with Crippen molar-refractivity contribution in [3.63, 3.8) is 0 Å². The van der Waals surface area contributed by atoms with E-state index in [4.69, 9.17) is 9.47 Å². The number of hydrogen-bond donors (Lipinski definition) is 1. The Hall–Kier alpha value is -3.67. The quantitative estimate of drug-likeness (QED) is 0.566. The summed E-state index contributed by atoms with van der Waals surface area (Å²) >= 11 is 0. The Kier molecular flexibility index (Phi) is 6.80. The van der Waals surface area contributed by atoms with E-state index in [1.54, 1.807) is 14.2 Å². The highest BCUT2D eigenvalue weighted by molar-refractivity contribution is 5.82. The summed E-state index contributed by atoms with van der Waals surface area (Å²) < 4.78 is 10.8. The Balaban J connectivity index is 1.32. The molecule has 0 aromatic heterocycles. The minimum Gasteiger partial charge on any atom is -0.497 e. The Morgan fingerprint density at radius 1 is 0.943 bits per heavy atom. The van der Waals surface area contributed by atoms with Crippen LogP contribution in [0.5, 0.6) is 11.5 Å². The molecule has 2 heterocycles. The number of carbonyl (C=O) groups is 1. The van der Waals surface area contributed by atoms with E-state index in [-0.39, 0.29) is 17.9 Å². The predicted molar refractivity (Wildman–Crippen MR) is 140 cm³/mol. The SMILES string of the molecule is COc1ccc(N2CCN3c4ccccc4C[C@H](C(=O)NCCc4ccccc4OC)[C@H]3C2)cc1. The van der Waals surface area contributed by atoms with Crippen molar-refractivity contribution in [1.82, 2.24) is 5.32 Å². The number of anilines is 2. The molecule has 1 fully saturated rings. The van der Waals surface area contributed by atoms with Crippen LogP contribution in [0.15, 0.2) is 72.8 Å². The smallest absolute Gasteiger partial charge is 0.225 e. The van der Waals surface area contributed by atoms with E-state index in [0.717, 1.165) is 49.5 Å². The van der Waals surface area contributed by atoms with E-state index in [1.165, 1.54) is 16.9 Å². The van der Waals surface area contributed by atoms with Crippen molar-refractivity contribution in [3.05, 3.63) is 83.9 Å². The van der Waals surface area contributed by atoms with Crippen molar-refractivity contribution in [3.8, 4) is 11.5 Å². The van der Waals surface area contributed by atoms with Gasteiger partial charge in [0.15, 0.2) is 0 Å².